The molecule has 0 bridgehead atoms. The summed E-state index contributed by atoms with van der Waals surface area (Å²) in [5.74, 6) is 0. The summed E-state index contributed by atoms with van der Waals surface area (Å²) in [7, 11) is 0. The Balaban J connectivity index is 2.21. The summed E-state index contributed by atoms with van der Waals surface area (Å²) >= 11 is 4.93. The number of aromatic nitrogens is 1. The van der Waals surface area contributed by atoms with Crippen LogP contribution in [0.15, 0.2) is 16.9 Å². The molecule has 1 aromatic heterocycles. The van der Waals surface area contributed by atoms with Crippen molar-refractivity contribution in [2.24, 2.45) is 5.73 Å². The average Bonchev–Trinajstić information content (AvgIpc) is 2.43. The highest BCUT2D eigenvalue weighted by atomic mass is 32.1. The Morgan fingerprint density at radius 1 is 1.52 bits per heavy atom. The molecule has 0 amide bonds. The predicted molar refractivity (Wildman–Crippen MR) is 87.8 cm³/mol. The van der Waals surface area contributed by atoms with Gasteiger partial charge in [0.15, 0.2) is 0 Å². The van der Waals surface area contributed by atoms with Gasteiger partial charge in [0.2, 0.25) is 0 Å². The Bertz CT molecular complexity index is 583. The van der Waals surface area contributed by atoms with E-state index in [0.717, 1.165) is 18.8 Å². The van der Waals surface area contributed by atoms with Crippen LogP contribution < -0.4 is 11.3 Å². The minimum atomic E-state index is -0.132. The molecule has 0 aromatic carbocycles. The van der Waals surface area contributed by atoms with Gasteiger partial charge in [-0.2, -0.15) is 0 Å². The molecule has 0 aliphatic carbocycles. The number of thiocarbonyl (C=S) groups is 1. The lowest BCUT2D eigenvalue weighted by atomic mass is 10.2. The summed E-state index contributed by atoms with van der Waals surface area (Å²) in [6.07, 6.45) is 0.0131. The number of ether oxygens (including phenoxy) is 1. The fourth-order valence-corrected chi connectivity index (χ4v) is 2.77. The number of hydrogen-bond acceptors (Lipinski definition) is 4. The van der Waals surface area contributed by atoms with Crippen LogP contribution in [0.2, 0.25) is 0 Å². The molecule has 0 saturated carbocycles. The van der Waals surface area contributed by atoms with Crippen molar-refractivity contribution in [2.45, 2.75) is 39.5 Å². The number of aryl methyl sites for hydroxylation is 1. The number of rotatable bonds is 4. The lowest BCUT2D eigenvalue weighted by molar-refractivity contribution is -0.0462. The van der Waals surface area contributed by atoms with E-state index in [1.807, 2.05) is 13.0 Å². The highest BCUT2D eigenvalue weighted by Gasteiger charge is 2.23. The Morgan fingerprint density at radius 3 is 2.86 bits per heavy atom. The number of nitrogens with zero attached hydrogens (tertiary/aromatic N) is 2. The first-order valence-corrected chi connectivity index (χ1v) is 7.67. The van der Waals surface area contributed by atoms with E-state index in [4.69, 9.17) is 22.7 Å². The lowest BCUT2D eigenvalue weighted by Gasteiger charge is -2.35. The molecule has 1 saturated heterocycles. The maximum absolute atomic E-state index is 12.4. The number of hydrogen-bond donors (Lipinski definition) is 1. The van der Waals surface area contributed by atoms with Gasteiger partial charge < -0.3 is 15.0 Å². The van der Waals surface area contributed by atoms with E-state index in [0.29, 0.717) is 24.8 Å². The maximum atomic E-state index is 12.4. The summed E-state index contributed by atoms with van der Waals surface area (Å²) in [5, 5.41) is 0. The van der Waals surface area contributed by atoms with Crippen molar-refractivity contribution >= 4 is 17.2 Å². The smallest absolute Gasteiger partial charge is 0.261 e. The van der Waals surface area contributed by atoms with Crippen LogP contribution in [0.25, 0.3) is 0 Å². The van der Waals surface area contributed by atoms with Crippen molar-refractivity contribution in [3.63, 3.8) is 0 Å². The van der Waals surface area contributed by atoms with E-state index in [-0.39, 0.29) is 16.7 Å². The third-order valence-electron chi connectivity index (χ3n) is 3.94. The van der Waals surface area contributed by atoms with Crippen LogP contribution in [0.1, 0.15) is 25.1 Å². The number of pyridine rings is 1. The van der Waals surface area contributed by atoms with Crippen LogP contribution in [-0.4, -0.2) is 46.3 Å². The molecule has 2 rings (SSSR count). The van der Waals surface area contributed by atoms with Crippen molar-refractivity contribution in [1.82, 2.24) is 9.47 Å². The van der Waals surface area contributed by atoms with Crippen molar-refractivity contribution in [3.8, 4) is 0 Å². The first kappa shape index (κ1) is 16.1. The van der Waals surface area contributed by atoms with Gasteiger partial charge in [-0.25, -0.2) is 0 Å². The second-order valence-corrected chi connectivity index (χ2v) is 6.19. The highest BCUT2D eigenvalue weighted by Crippen LogP contribution is 2.11. The summed E-state index contributed by atoms with van der Waals surface area (Å²) in [5.41, 5.74) is 6.76. The molecule has 0 spiro atoms. The highest BCUT2D eigenvalue weighted by molar-refractivity contribution is 7.80. The van der Waals surface area contributed by atoms with Crippen molar-refractivity contribution in [2.75, 3.05) is 19.7 Å². The molecule has 1 atom stereocenters. The second-order valence-electron chi connectivity index (χ2n) is 5.75. The van der Waals surface area contributed by atoms with Gasteiger partial charge in [-0.05, 0) is 32.9 Å². The summed E-state index contributed by atoms with van der Waals surface area (Å²) in [6.45, 7) is 9.26. The van der Waals surface area contributed by atoms with Crippen LogP contribution in [0.3, 0.4) is 0 Å². The topological polar surface area (TPSA) is 60.5 Å². The summed E-state index contributed by atoms with van der Waals surface area (Å²) in [6, 6.07) is 4.05. The van der Waals surface area contributed by atoms with Gasteiger partial charge in [0.25, 0.3) is 5.56 Å². The van der Waals surface area contributed by atoms with Crippen LogP contribution in [0, 0.1) is 6.92 Å². The molecule has 2 N–H and O–H groups in total. The monoisotopic (exact) mass is 309 g/mol. The molecule has 1 fully saturated rings. The molecule has 5 nitrogen and oxygen atoms in total. The largest absolute Gasteiger partial charge is 0.389 e. The van der Waals surface area contributed by atoms with Crippen LogP contribution in [0.5, 0.6) is 0 Å². The quantitative estimate of drug-likeness (QED) is 0.838. The van der Waals surface area contributed by atoms with E-state index >= 15 is 0 Å². The molecule has 21 heavy (non-hydrogen) atoms. The lowest BCUT2D eigenvalue weighted by Crippen LogP contribution is -2.48. The maximum Gasteiger partial charge on any atom is 0.261 e. The van der Waals surface area contributed by atoms with E-state index < -0.39 is 0 Å². The van der Waals surface area contributed by atoms with Gasteiger partial charge in [-0.15, -0.1) is 0 Å². The summed E-state index contributed by atoms with van der Waals surface area (Å²) in [4.78, 5) is 15.0. The third-order valence-corrected chi connectivity index (χ3v) is 4.16. The zero-order valence-electron chi connectivity index (χ0n) is 12.8. The van der Waals surface area contributed by atoms with E-state index in [1.54, 1.807) is 10.6 Å². The molecule has 116 valence electrons. The molecule has 1 aliphatic heterocycles. The van der Waals surface area contributed by atoms with E-state index in [1.165, 1.54) is 0 Å². The van der Waals surface area contributed by atoms with Crippen LogP contribution in [-0.2, 0) is 11.3 Å². The first-order chi connectivity index (χ1) is 9.90. The molecular formula is C15H23N3O2S. The molecule has 2 heterocycles. The van der Waals surface area contributed by atoms with Gasteiger partial charge in [0.1, 0.15) is 4.99 Å². The molecule has 6 heteroatoms. The summed E-state index contributed by atoms with van der Waals surface area (Å²) < 4.78 is 7.52. The van der Waals surface area contributed by atoms with E-state index in [9.17, 15) is 4.79 Å². The zero-order chi connectivity index (χ0) is 15.6. The molecule has 1 aliphatic rings. The molecule has 0 radical (unpaired) electrons. The average molecular weight is 309 g/mol. The Kier molecular flexibility index (Phi) is 5.13. The second kappa shape index (κ2) is 6.68. The van der Waals surface area contributed by atoms with Crippen molar-refractivity contribution in [1.29, 1.82) is 0 Å². The first-order valence-electron chi connectivity index (χ1n) is 7.26. The van der Waals surface area contributed by atoms with Gasteiger partial charge in [0.05, 0.1) is 24.8 Å². The minimum Gasteiger partial charge on any atom is -0.389 e. The predicted octanol–water partition coefficient (Wildman–Crippen LogP) is 0.900. The van der Waals surface area contributed by atoms with Gasteiger partial charge in [-0.1, -0.05) is 12.2 Å². The molecular weight excluding hydrogens is 286 g/mol. The van der Waals surface area contributed by atoms with E-state index in [2.05, 4.69) is 18.7 Å². The Labute approximate surface area is 130 Å². The van der Waals surface area contributed by atoms with Crippen LogP contribution in [0.4, 0.5) is 0 Å². The third kappa shape index (κ3) is 3.70. The van der Waals surface area contributed by atoms with Crippen LogP contribution >= 0.6 is 12.2 Å². The Morgan fingerprint density at radius 2 is 2.24 bits per heavy atom. The van der Waals surface area contributed by atoms with Gasteiger partial charge >= 0.3 is 0 Å². The normalized spacial score (nSPS) is 19.9. The van der Waals surface area contributed by atoms with Crippen molar-refractivity contribution < 1.29 is 4.74 Å². The van der Waals surface area contributed by atoms with Gasteiger partial charge in [-0.3, -0.25) is 9.69 Å². The standard InChI is InChI=1S/C15H23N3O2S/c1-10(2)17-6-7-20-12(8-17)9-18-11(3)4-5-13(14(16)21)15(18)19/h4-5,10,12H,6-9H2,1-3H3,(H2,16,21). The minimum absolute atomic E-state index is 0.0131. The fraction of sp³-hybridized carbons (Fsp3) is 0.600. The number of morpholine rings is 1. The molecule has 1 unspecified atom stereocenters. The molecule has 1 aromatic rings. The zero-order valence-corrected chi connectivity index (χ0v) is 13.7. The SMILES string of the molecule is Cc1ccc(C(N)=S)c(=O)n1CC1CN(C(C)C)CCO1. The fourth-order valence-electron chi connectivity index (χ4n) is 2.61. The number of nitrogens with two attached hydrogens (primary N) is 1. The van der Waals surface area contributed by atoms with Gasteiger partial charge in [0, 0.05) is 24.8 Å². The Hall–Kier alpha value is -1.24. The van der Waals surface area contributed by atoms with Crippen molar-refractivity contribution in [3.05, 3.63) is 33.7 Å².